The second kappa shape index (κ2) is 18.4. The van der Waals surface area contributed by atoms with E-state index in [2.05, 4.69) is 78.7 Å². The van der Waals surface area contributed by atoms with Crippen molar-refractivity contribution in [3.8, 4) is 0 Å². The van der Waals surface area contributed by atoms with Crippen molar-refractivity contribution in [3.63, 3.8) is 0 Å². The van der Waals surface area contributed by atoms with Gasteiger partial charge in [-0.25, -0.2) is 4.79 Å². The molecule has 0 bridgehead atoms. The molecule has 0 aromatic rings. The zero-order chi connectivity index (χ0) is 34.9. The molecule has 3 fully saturated rings. The minimum Gasteiger partial charge on any atom is -0.446 e. The van der Waals surface area contributed by atoms with Crippen LogP contribution in [0.15, 0.2) is 11.6 Å². The van der Waals surface area contributed by atoms with Crippen molar-refractivity contribution in [3.05, 3.63) is 11.6 Å². The van der Waals surface area contributed by atoms with Crippen molar-refractivity contribution in [2.24, 2.45) is 46.3 Å². The van der Waals surface area contributed by atoms with E-state index in [1.807, 2.05) is 4.90 Å². The molecule has 8 atom stereocenters. The number of rotatable bonds is 19. The summed E-state index contributed by atoms with van der Waals surface area (Å²) < 4.78 is 12.2. The van der Waals surface area contributed by atoms with Crippen LogP contribution < -0.4 is 0 Å². The standard InChI is InChI=1S/C42H77N3O3/c1-32(2)15-12-16-33(3)37-19-20-38-36-18-17-34-31-35(21-23-41(34,4)39(36)22-24-42(37,38)5)48-40(46)45(28-13-25-43(6)7)27-10-11-29-47-30-14-26-44(8)9/h17,32-33,35-39H,10-16,18-31H2,1-9H3/t33-,35+,36+,37-,38+,39+,41+,42-/m1/s1. The van der Waals surface area contributed by atoms with Crippen LogP contribution in [0.2, 0.25) is 0 Å². The Morgan fingerprint density at radius 1 is 0.812 bits per heavy atom. The molecule has 0 spiro atoms. The van der Waals surface area contributed by atoms with Gasteiger partial charge in [-0.05, 0) is 158 Å². The van der Waals surface area contributed by atoms with Crippen LogP contribution in [0.1, 0.15) is 131 Å². The number of carbonyl (C=O) groups is 1. The number of amides is 1. The summed E-state index contributed by atoms with van der Waals surface area (Å²) in [5.74, 6) is 5.12. The van der Waals surface area contributed by atoms with Crippen LogP contribution in [0.4, 0.5) is 4.79 Å². The van der Waals surface area contributed by atoms with Gasteiger partial charge in [-0.3, -0.25) is 0 Å². The maximum Gasteiger partial charge on any atom is 0.410 e. The summed E-state index contributed by atoms with van der Waals surface area (Å²) in [5, 5.41) is 0. The molecule has 0 heterocycles. The summed E-state index contributed by atoms with van der Waals surface area (Å²) in [6, 6.07) is 0. The normalized spacial score (nSPS) is 32.2. The maximum atomic E-state index is 13.6. The number of carbonyl (C=O) groups excluding carboxylic acids is 1. The van der Waals surface area contributed by atoms with Gasteiger partial charge in [0, 0.05) is 32.7 Å². The highest BCUT2D eigenvalue weighted by atomic mass is 16.6. The van der Waals surface area contributed by atoms with Crippen LogP contribution in [-0.4, -0.2) is 94.5 Å². The van der Waals surface area contributed by atoms with E-state index in [9.17, 15) is 4.79 Å². The lowest BCUT2D eigenvalue weighted by atomic mass is 9.47. The van der Waals surface area contributed by atoms with Crippen LogP contribution in [0.25, 0.3) is 0 Å². The Hall–Kier alpha value is -1.11. The van der Waals surface area contributed by atoms with Crippen LogP contribution in [0.3, 0.4) is 0 Å². The monoisotopic (exact) mass is 672 g/mol. The summed E-state index contributed by atoms with van der Waals surface area (Å²) in [6.07, 6.45) is 20.8. The first-order valence-corrected chi connectivity index (χ1v) is 20.4. The van der Waals surface area contributed by atoms with Crippen molar-refractivity contribution >= 4 is 6.09 Å². The van der Waals surface area contributed by atoms with Gasteiger partial charge in [0.2, 0.25) is 0 Å². The van der Waals surface area contributed by atoms with Crippen molar-refractivity contribution in [1.82, 2.24) is 14.7 Å². The predicted octanol–water partition coefficient (Wildman–Crippen LogP) is 9.54. The fourth-order valence-electron chi connectivity index (χ4n) is 10.9. The van der Waals surface area contributed by atoms with E-state index in [-0.39, 0.29) is 17.6 Å². The molecule has 278 valence electrons. The van der Waals surface area contributed by atoms with E-state index in [1.54, 1.807) is 5.57 Å². The van der Waals surface area contributed by atoms with Gasteiger partial charge in [-0.15, -0.1) is 0 Å². The van der Waals surface area contributed by atoms with Crippen molar-refractivity contribution in [2.75, 3.05) is 67.6 Å². The second-order valence-corrected chi connectivity index (χ2v) is 18.2. The zero-order valence-corrected chi connectivity index (χ0v) is 33.0. The Balaban J connectivity index is 1.30. The molecule has 48 heavy (non-hydrogen) atoms. The first-order chi connectivity index (χ1) is 22.8. The number of hydrogen-bond donors (Lipinski definition) is 0. The van der Waals surface area contributed by atoms with Crippen molar-refractivity contribution in [1.29, 1.82) is 0 Å². The zero-order valence-electron chi connectivity index (χ0n) is 33.0. The Labute approximate surface area is 297 Å². The van der Waals surface area contributed by atoms with Gasteiger partial charge in [-0.2, -0.15) is 0 Å². The van der Waals surface area contributed by atoms with Gasteiger partial charge in [0.05, 0.1) is 0 Å². The molecule has 0 aromatic heterocycles. The van der Waals surface area contributed by atoms with Gasteiger partial charge < -0.3 is 24.2 Å². The van der Waals surface area contributed by atoms with E-state index >= 15 is 0 Å². The fraction of sp³-hybridized carbons (Fsp3) is 0.929. The lowest BCUT2D eigenvalue weighted by Gasteiger charge is -2.58. The van der Waals surface area contributed by atoms with E-state index < -0.39 is 0 Å². The number of nitrogens with zero attached hydrogens (tertiary/aromatic N) is 3. The van der Waals surface area contributed by atoms with Crippen LogP contribution in [0.5, 0.6) is 0 Å². The van der Waals surface area contributed by atoms with Crippen molar-refractivity contribution < 1.29 is 14.3 Å². The van der Waals surface area contributed by atoms with E-state index in [0.717, 1.165) is 113 Å². The molecular formula is C42H77N3O3. The van der Waals surface area contributed by atoms with Crippen LogP contribution >= 0.6 is 0 Å². The topological polar surface area (TPSA) is 45.2 Å². The third-order valence-electron chi connectivity index (χ3n) is 13.7. The lowest BCUT2D eigenvalue weighted by Crippen LogP contribution is -2.51. The summed E-state index contributed by atoms with van der Waals surface area (Å²) in [4.78, 5) is 20.0. The van der Waals surface area contributed by atoms with Crippen LogP contribution in [0, 0.1) is 46.3 Å². The molecule has 0 radical (unpaired) electrons. The molecule has 0 unspecified atom stereocenters. The molecule has 4 rings (SSSR count). The van der Waals surface area contributed by atoms with Gasteiger partial charge >= 0.3 is 6.09 Å². The fourth-order valence-corrected chi connectivity index (χ4v) is 10.9. The number of unbranched alkanes of at least 4 members (excludes halogenated alkanes) is 1. The number of allylic oxidation sites excluding steroid dienone is 1. The largest absolute Gasteiger partial charge is 0.446 e. The molecule has 0 aromatic carbocycles. The minimum absolute atomic E-state index is 0.0150. The highest BCUT2D eigenvalue weighted by Crippen LogP contribution is 2.67. The van der Waals surface area contributed by atoms with Gasteiger partial charge in [0.25, 0.3) is 0 Å². The summed E-state index contributed by atoms with van der Waals surface area (Å²) >= 11 is 0. The van der Waals surface area contributed by atoms with E-state index in [1.165, 1.54) is 57.8 Å². The summed E-state index contributed by atoms with van der Waals surface area (Å²) in [6.45, 7) is 17.7. The Morgan fingerprint density at radius 2 is 1.52 bits per heavy atom. The summed E-state index contributed by atoms with van der Waals surface area (Å²) in [5.41, 5.74) is 2.42. The van der Waals surface area contributed by atoms with Crippen molar-refractivity contribution in [2.45, 2.75) is 137 Å². The Morgan fingerprint density at radius 3 is 2.25 bits per heavy atom. The number of hydrogen-bond acceptors (Lipinski definition) is 5. The average Bonchev–Trinajstić information content (AvgIpc) is 3.38. The van der Waals surface area contributed by atoms with Gasteiger partial charge in [0.15, 0.2) is 0 Å². The molecule has 1 amide bonds. The molecule has 0 aliphatic heterocycles. The summed E-state index contributed by atoms with van der Waals surface area (Å²) in [7, 11) is 8.41. The van der Waals surface area contributed by atoms with Gasteiger partial charge in [-0.1, -0.05) is 65.5 Å². The quantitative estimate of drug-likeness (QED) is 0.101. The Kier molecular flexibility index (Phi) is 15.2. The minimum atomic E-state index is -0.100. The Bertz CT molecular complexity index is 1010. The molecule has 0 saturated heterocycles. The molecule has 4 aliphatic carbocycles. The lowest BCUT2D eigenvalue weighted by molar-refractivity contribution is -0.0593. The molecule has 6 nitrogen and oxygen atoms in total. The first-order valence-electron chi connectivity index (χ1n) is 20.4. The number of ether oxygens (including phenoxy) is 2. The molecular weight excluding hydrogens is 594 g/mol. The second-order valence-electron chi connectivity index (χ2n) is 18.2. The van der Waals surface area contributed by atoms with E-state index in [4.69, 9.17) is 9.47 Å². The third-order valence-corrected chi connectivity index (χ3v) is 13.7. The first kappa shape index (κ1) is 39.7. The highest BCUT2D eigenvalue weighted by Gasteiger charge is 2.59. The third kappa shape index (κ3) is 10.2. The smallest absolute Gasteiger partial charge is 0.410 e. The average molecular weight is 672 g/mol. The molecule has 6 heteroatoms. The maximum absolute atomic E-state index is 13.6. The van der Waals surface area contributed by atoms with Crippen LogP contribution in [-0.2, 0) is 9.47 Å². The SMILES string of the molecule is CC(C)CCC[C@@H](C)[C@H]1CC[C@H]2[C@@H]3CC=C4C[C@@H](OC(=O)N(CCCCOCCCN(C)C)CCCN(C)C)CC[C@]4(C)[C@H]3CC[C@]12C. The number of fused-ring (bicyclic) bond motifs is 5. The van der Waals surface area contributed by atoms with Gasteiger partial charge in [0.1, 0.15) is 6.10 Å². The molecule has 4 aliphatic rings. The predicted molar refractivity (Wildman–Crippen MR) is 201 cm³/mol. The van der Waals surface area contributed by atoms with E-state index in [0.29, 0.717) is 5.41 Å². The molecule has 0 N–H and O–H groups in total. The highest BCUT2D eigenvalue weighted by molar-refractivity contribution is 5.67. The molecule has 3 saturated carbocycles.